The third kappa shape index (κ3) is 6.26. The van der Waals surface area contributed by atoms with Gasteiger partial charge in [-0.05, 0) is 48.5 Å². The van der Waals surface area contributed by atoms with Gasteiger partial charge in [0.25, 0.3) is 11.8 Å². The van der Waals surface area contributed by atoms with Gasteiger partial charge in [-0.25, -0.2) is 4.79 Å². The van der Waals surface area contributed by atoms with Crippen molar-refractivity contribution in [3.05, 3.63) is 77.9 Å². The number of amides is 2. The molecule has 3 aromatic rings. The number of benzene rings is 3. The fourth-order valence-electron chi connectivity index (χ4n) is 2.98. The Morgan fingerprint density at radius 3 is 2.00 bits per heavy atom. The second kappa shape index (κ2) is 11.4. The van der Waals surface area contributed by atoms with E-state index >= 15 is 0 Å². The molecule has 0 spiro atoms. The largest absolute Gasteiger partial charge is 0.497 e. The fraction of sp³-hybridized carbons (Fsp3) is 0.160. The van der Waals surface area contributed by atoms with Gasteiger partial charge in [0.1, 0.15) is 17.2 Å². The summed E-state index contributed by atoms with van der Waals surface area (Å²) in [6.45, 7) is -0.492. The summed E-state index contributed by atoms with van der Waals surface area (Å²) in [5.74, 6) is -0.173. The minimum absolute atomic E-state index is 0.189. The van der Waals surface area contributed by atoms with Gasteiger partial charge >= 0.3 is 5.97 Å². The number of hydrogen-bond acceptors (Lipinski definition) is 7. The normalized spacial score (nSPS) is 10.1. The molecule has 0 unspecified atom stereocenters. The maximum atomic E-state index is 12.5. The van der Waals surface area contributed by atoms with E-state index in [9.17, 15) is 14.4 Å². The van der Waals surface area contributed by atoms with Gasteiger partial charge in [0, 0.05) is 17.3 Å². The molecule has 9 heteroatoms. The molecule has 3 aromatic carbocycles. The van der Waals surface area contributed by atoms with Gasteiger partial charge < -0.3 is 29.6 Å². The Hall–Kier alpha value is -4.53. The molecule has 0 bridgehead atoms. The summed E-state index contributed by atoms with van der Waals surface area (Å²) in [6.07, 6.45) is 0. The predicted molar refractivity (Wildman–Crippen MR) is 126 cm³/mol. The van der Waals surface area contributed by atoms with Crippen LogP contribution in [-0.2, 0) is 9.53 Å². The monoisotopic (exact) mass is 464 g/mol. The number of carbonyl (C=O) groups excluding carboxylic acids is 3. The average molecular weight is 464 g/mol. The van der Waals surface area contributed by atoms with Crippen LogP contribution in [0.2, 0.25) is 0 Å². The Bertz CT molecular complexity index is 1150. The first-order valence-corrected chi connectivity index (χ1v) is 10.2. The highest BCUT2D eigenvalue weighted by molar-refractivity contribution is 6.05. The topological polar surface area (TPSA) is 112 Å². The van der Waals surface area contributed by atoms with Crippen molar-refractivity contribution in [2.75, 3.05) is 38.6 Å². The minimum Gasteiger partial charge on any atom is -0.497 e. The molecular formula is C25H24N2O7. The van der Waals surface area contributed by atoms with Gasteiger partial charge in [0.2, 0.25) is 0 Å². The van der Waals surface area contributed by atoms with E-state index < -0.39 is 18.5 Å². The van der Waals surface area contributed by atoms with Crippen molar-refractivity contribution in [1.82, 2.24) is 0 Å². The molecule has 0 radical (unpaired) electrons. The molecule has 176 valence electrons. The first kappa shape index (κ1) is 24.1. The van der Waals surface area contributed by atoms with Crippen LogP contribution in [0.5, 0.6) is 17.2 Å². The second-order valence-corrected chi connectivity index (χ2v) is 6.96. The third-order valence-corrected chi connectivity index (χ3v) is 4.71. The molecule has 0 heterocycles. The van der Waals surface area contributed by atoms with Crippen molar-refractivity contribution >= 4 is 29.2 Å². The lowest BCUT2D eigenvalue weighted by atomic mass is 10.2. The SMILES string of the molecule is COc1cc(OC)cc(C(=O)OCC(=O)Nc2ccc(C(=O)Nc3ccccc3OC)cc2)c1. The van der Waals surface area contributed by atoms with E-state index in [2.05, 4.69) is 10.6 Å². The van der Waals surface area contributed by atoms with Gasteiger partial charge in [0.15, 0.2) is 6.61 Å². The molecule has 0 aliphatic carbocycles. The van der Waals surface area contributed by atoms with Crippen molar-refractivity contribution in [2.24, 2.45) is 0 Å². The Kier molecular flexibility index (Phi) is 8.07. The van der Waals surface area contributed by atoms with Crippen molar-refractivity contribution in [2.45, 2.75) is 0 Å². The highest BCUT2D eigenvalue weighted by atomic mass is 16.5. The number of rotatable bonds is 9. The molecule has 2 amide bonds. The highest BCUT2D eigenvalue weighted by Crippen LogP contribution is 2.24. The van der Waals surface area contributed by atoms with E-state index in [1.165, 1.54) is 33.5 Å². The number of anilines is 2. The molecular weight excluding hydrogens is 440 g/mol. The lowest BCUT2D eigenvalue weighted by Crippen LogP contribution is -2.21. The van der Waals surface area contributed by atoms with Gasteiger partial charge in [0.05, 0.1) is 32.6 Å². The zero-order valence-corrected chi connectivity index (χ0v) is 18.9. The lowest BCUT2D eigenvalue weighted by molar-refractivity contribution is -0.119. The van der Waals surface area contributed by atoms with E-state index in [1.54, 1.807) is 54.6 Å². The maximum absolute atomic E-state index is 12.5. The molecule has 0 aliphatic heterocycles. The summed E-state index contributed by atoms with van der Waals surface area (Å²) < 4.78 is 20.5. The second-order valence-electron chi connectivity index (χ2n) is 6.96. The summed E-state index contributed by atoms with van der Waals surface area (Å²) in [7, 11) is 4.45. The first-order valence-electron chi connectivity index (χ1n) is 10.2. The summed E-state index contributed by atoms with van der Waals surface area (Å²) in [5.41, 5.74) is 1.57. The van der Waals surface area contributed by atoms with Crippen LogP contribution in [0.1, 0.15) is 20.7 Å². The van der Waals surface area contributed by atoms with Crippen LogP contribution in [0.15, 0.2) is 66.7 Å². The molecule has 0 fully saturated rings. The Balaban J connectivity index is 1.54. The van der Waals surface area contributed by atoms with Gasteiger partial charge in [-0.2, -0.15) is 0 Å². The molecule has 0 atom stereocenters. The van der Waals surface area contributed by atoms with E-state index in [0.717, 1.165) is 0 Å². The summed E-state index contributed by atoms with van der Waals surface area (Å²) in [5, 5.41) is 5.39. The Morgan fingerprint density at radius 1 is 0.735 bits per heavy atom. The fourth-order valence-corrected chi connectivity index (χ4v) is 2.98. The van der Waals surface area contributed by atoms with Crippen LogP contribution in [0.3, 0.4) is 0 Å². The molecule has 0 saturated carbocycles. The smallest absolute Gasteiger partial charge is 0.338 e. The van der Waals surface area contributed by atoms with Gasteiger partial charge in [-0.3, -0.25) is 9.59 Å². The Labute approximate surface area is 196 Å². The molecule has 34 heavy (non-hydrogen) atoms. The lowest BCUT2D eigenvalue weighted by Gasteiger charge is -2.11. The Morgan fingerprint density at radius 2 is 1.38 bits per heavy atom. The van der Waals surface area contributed by atoms with E-state index in [4.69, 9.17) is 18.9 Å². The standard InChI is InChI=1S/C25H24N2O7/c1-31-19-12-17(13-20(14-19)32-2)25(30)34-15-23(28)26-18-10-8-16(9-11-18)24(29)27-21-6-4-5-7-22(21)33-3/h4-14H,15H2,1-3H3,(H,26,28)(H,27,29). The summed E-state index contributed by atoms with van der Waals surface area (Å²) >= 11 is 0. The number of methoxy groups -OCH3 is 3. The summed E-state index contributed by atoms with van der Waals surface area (Å²) in [6, 6.07) is 17.9. The summed E-state index contributed by atoms with van der Waals surface area (Å²) in [4.78, 5) is 37.0. The maximum Gasteiger partial charge on any atom is 0.338 e. The van der Waals surface area contributed by atoms with E-state index in [1.807, 2.05) is 0 Å². The minimum atomic E-state index is -0.698. The van der Waals surface area contributed by atoms with E-state index in [-0.39, 0.29) is 11.5 Å². The number of ether oxygens (including phenoxy) is 4. The van der Waals surface area contributed by atoms with Crippen LogP contribution < -0.4 is 24.8 Å². The number of nitrogens with one attached hydrogen (secondary N) is 2. The quantitative estimate of drug-likeness (QED) is 0.464. The van der Waals surface area contributed by atoms with Crippen molar-refractivity contribution in [3.63, 3.8) is 0 Å². The molecule has 2 N–H and O–H groups in total. The molecule has 0 aliphatic rings. The van der Waals surface area contributed by atoms with Crippen LogP contribution in [-0.4, -0.2) is 45.7 Å². The first-order chi connectivity index (χ1) is 16.4. The van der Waals surface area contributed by atoms with Crippen LogP contribution >= 0.6 is 0 Å². The number of carbonyl (C=O) groups is 3. The zero-order chi connectivity index (χ0) is 24.5. The van der Waals surface area contributed by atoms with Crippen LogP contribution in [0.4, 0.5) is 11.4 Å². The third-order valence-electron chi connectivity index (χ3n) is 4.71. The predicted octanol–water partition coefficient (Wildman–Crippen LogP) is 3.76. The zero-order valence-electron chi connectivity index (χ0n) is 18.9. The molecule has 9 nitrogen and oxygen atoms in total. The van der Waals surface area contributed by atoms with Gasteiger partial charge in [-0.15, -0.1) is 0 Å². The number of esters is 1. The van der Waals surface area contributed by atoms with Crippen molar-refractivity contribution in [1.29, 1.82) is 0 Å². The van der Waals surface area contributed by atoms with Gasteiger partial charge in [-0.1, -0.05) is 12.1 Å². The molecule has 0 saturated heterocycles. The van der Waals surface area contributed by atoms with Crippen molar-refractivity contribution < 1.29 is 33.3 Å². The van der Waals surface area contributed by atoms with Crippen molar-refractivity contribution in [3.8, 4) is 17.2 Å². The number of para-hydroxylation sites is 2. The van der Waals surface area contributed by atoms with E-state index in [0.29, 0.717) is 34.2 Å². The highest BCUT2D eigenvalue weighted by Gasteiger charge is 2.14. The van der Waals surface area contributed by atoms with Crippen LogP contribution in [0, 0.1) is 0 Å². The molecule has 3 rings (SSSR count). The number of hydrogen-bond donors (Lipinski definition) is 2. The average Bonchev–Trinajstić information content (AvgIpc) is 2.87. The molecule has 0 aromatic heterocycles. The van der Waals surface area contributed by atoms with Crippen LogP contribution in [0.25, 0.3) is 0 Å².